The predicted octanol–water partition coefficient (Wildman–Crippen LogP) is 4.25. The molecule has 8 nitrogen and oxygen atoms in total. The molecule has 1 aliphatic heterocycles. The van der Waals surface area contributed by atoms with Gasteiger partial charge in [-0.2, -0.15) is 0 Å². The first kappa shape index (κ1) is 25.4. The third kappa shape index (κ3) is 6.66. The smallest absolute Gasteiger partial charge is 0.338 e. The van der Waals surface area contributed by atoms with Gasteiger partial charge in [0, 0.05) is 28.8 Å². The van der Waals surface area contributed by atoms with E-state index in [1.807, 2.05) is 19.9 Å². The Balaban J connectivity index is 1.51. The third-order valence-electron chi connectivity index (χ3n) is 5.41. The molecule has 2 aromatic rings. The van der Waals surface area contributed by atoms with E-state index in [4.69, 9.17) is 9.47 Å². The highest BCUT2D eigenvalue weighted by atomic mass is 79.9. The average molecular weight is 531 g/mol. The molecule has 0 unspecified atom stereocenters. The average Bonchev–Trinajstić information content (AvgIpc) is 3.21. The molecule has 2 aromatic carbocycles. The molecule has 1 fully saturated rings. The van der Waals surface area contributed by atoms with E-state index in [0.717, 1.165) is 22.9 Å². The second-order valence-corrected chi connectivity index (χ2v) is 8.97. The van der Waals surface area contributed by atoms with E-state index in [9.17, 15) is 19.2 Å². The number of anilines is 2. The Kier molecular flexibility index (Phi) is 8.81. The summed E-state index contributed by atoms with van der Waals surface area (Å²) in [5.41, 5.74) is 2.47. The molecule has 1 aliphatic rings. The van der Waals surface area contributed by atoms with Crippen LogP contribution in [0.25, 0.3) is 0 Å². The fraction of sp³-hybridized carbons (Fsp3) is 0.360. The number of carbonyl (C=O) groups excluding carboxylic acids is 4. The van der Waals surface area contributed by atoms with E-state index in [-0.39, 0.29) is 18.9 Å². The van der Waals surface area contributed by atoms with Gasteiger partial charge in [0.25, 0.3) is 5.91 Å². The zero-order valence-electron chi connectivity index (χ0n) is 19.1. The largest absolute Gasteiger partial charge is 0.462 e. The molecule has 0 radical (unpaired) electrons. The number of unbranched alkanes of at least 4 members (excludes halogenated alkanes) is 1. The number of rotatable bonds is 9. The van der Waals surface area contributed by atoms with Crippen molar-refractivity contribution in [2.75, 3.05) is 30.0 Å². The van der Waals surface area contributed by atoms with Gasteiger partial charge in [-0.3, -0.25) is 14.4 Å². The van der Waals surface area contributed by atoms with Crippen molar-refractivity contribution in [3.8, 4) is 0 Å². The van der Waals surface area contributed by atoms with Crippen molar-refractivity contribution < 1.29 is 28.7 Å². The zero-order chi connectivity index (χ0) is 24.7. The van der Waals surface area contributed by atoms with Gasteiger partial charge >= 0.3 is 11.9 Å². The van der Waals surface area contributed by atoms with Crippen LogP contribution < -0.4 is 10.2 Å². The highest BCUT2D eigenvalue weighted by Crippen LogP contribution is 2.26. The Hall–Kier alpha value is -3.20. The second kappa shape index (κ2) is 11.8. The van der Waals surface area contributed by atoms with E-state index in [2.05, 4.69) is 21.2 Å². The molecule has 1 saturated heterocycles. The Morgan fingerprint density at radius 3 is 2.53 bits per heavy atom. The lowest BCUT2D eigenvalue weighted by atomic mass is 10.1. The quantitative estimate of drug-likeness (QED) is 0.384. The summed E-state index contributed by atoms with van der Waals surface area (Å²) in [6.45, 7) is 3.94. The number of benzene rings is 2. The highest BCUT2D eigenvalue weighted by molar-refractivity contribution is 9.10. The summed E-state index contributed by atoms with van der Waals surface area (Å²) in [4.78, 5) is 50.6. The summed E-state index contributed by atoms with van der Waals surface area (Å²) in [6.07, 6.45) is 1.73. The SMILES string of the molecule is CCCCOC(=O)c1ccc(N2C[C@@H](C(=O)OCC(=O)Nc3ccc(Br)cc3C)CC2=O)cc1. The van der Waals surface area contributed by atoms with Crippen LogP contribution in [0.15, 0.2) is 46.9 Å². The summed E-state index contributed by atoms with van der Waals surface area (Å²) in [5, 5.41) is 2.70. The topological polar surface area (TPSA) is 102 Å². The van der Waals surface area contributed by atoms with Gasteiger partial charge in [0.1, 0.15) is 0 Å². The van der Waals surface area contributed by atoms with E-state index in [1.165, 1.54) is 4.90 Å². The van der Waals surface area contributed by atoms with Crippen molar-refractivity contribution in [3.63, 3.8) is 0 Å². The first-order chi connectivity index (χ1) is 16.3. The number of hydrogen-bond donors (Lipinski definition) is 1. The Labute approximate surface area is 206 Å². The molecule has 180 valence electrons. The number of carbonyl (C=O) groups is 4. The van der Waals surface area contributed by atoms with E-state index in [1.54, 1.807) is 36.4 Å². The number of esters is 2. The van der Waals surface area contributed by atoms with Crippen molar-refractivity contribution in [1.82, 2.24) is 0 Å². The normalized spacial score (nSPS) is 15.2. The fourth-order valence-electron chi connectivity index (χ4n) is 3.49. The van der Waals surface area contributed by atoms with Crippen LogP contribution in [-0.4, -0.2) is 43.5 Å². The van der Waals surface area contributed by atoms with Crippen molar-refractivity contribution >= 4 is 51.1 Å². The number of amides is 2. The van der Waals surface area contributed by atoms with Crippen LogP contribution in [-0.2, 0) is 23.9 Å². The van der Waals surface area contributed by atoms with Gasteiger partial charge in [-0.05, 0) is 61.4 Å². The van der Waals surface area contributed by atoms with Crippen LogP contribution in [0.3, 0.4) is 0 Å². The molecule has 9 heteroatoms. The molecule has 1 atom stereocenters. The monoisotopic (exact) mass is 530 g/mol. The Morgan fingerprint density at radius 1 is 1.12 bits per heavy atom. The van der Waals surface area contributed by atoms with Gasteiger partial charge < -0.3 is 19.7 Å². The lowest BCUT2D eigenvalue weighted by Crippen LogP contribution is -2.28. The van der Waals surface area contributed by atoms with Crippen molar-refractivity contribution in [2.45, 2.75) is 33.1 Å². The van der Waals surface area contributed by atoms with Gasteiger partial charge in [0.15, 0.2) is 6.61 Å². The maximum atomic E-state index is 12.5. The first-order valence-electron chi connectivity index (χ1n) is 11.1. The lowest BCUT2D eigenvalue weighted by molar-refractivity contribution is -0.151. The number of aryl methyl sites for hydroxylation is 1. The van der Waals surface area contributed by atoms with Gasteiger partial charge in [-0.15, -0.1) is 0 Å². The van der Waals surface area contributed by atoms with E-state index < -0.39 is 30.4 Å². The lowest BCUT2D eigenvalue weighted by Gasteiger charge is -2.17. The number of halogens is 1. The predicted molar refractivity (Wildman–Crippen MR) is 131 cm³/mol. The van der Waals surface area contributed by atoms with Gasteiger partial charge in [0.2, 0.25) is 5.91 Å². The van der Waals surface area contributed by atoms with Crippen LogP contribution in [0.5, 0.6) is 0 Å². The van der Waals surface area contributed by atoms with Crippen LogP contribution in [0.1, 0.15) is 42.1 Å². The fourth-order valence-corrected chi connectivity index (χ4v) is 3.97. The summed E-state index contributed by atoms with van der Waals surface area (Å²) in [6, 6.07) is 11.9. The number of nitrogens with one attached hydrogen (secondary N) is 1. The van der Waals surface area contributed by atoms with Crippen LogP contribution in [0, 0.1) is 12.8 Å². The summed E-state index contributed by atoms with van der Waals surface area (Å²) < 4.78 is 11.2. The summed E-state index contributed by atoms with van der Waals surface area (Å²) >= 11 is 3.36. The third-order valence-corrected chi connectivity index (χ3v) is 5.91. The van der Waals surface area contributed by atoms with Gasteiger partial charge in [-0.1, -0.05) is 29.3 Å². The number of ether oxygens (including phenoxy) is 2. The maximum absolute atomic E-state index is 12.5. The van der Waals surface area contributed by atoms with E-state index in [0.29, 0.717) is 23.5 Å². The van der Waals surface area contributed by atoms with Gasteiger partial charge in [-0.25, -0.2) is 4.79 Å². The standard InChI is InChI=1S/C25H27BrN2O6/c1-3-4-11-33-24(31)17-5-8-20(9-6-17)28-14-18(13-23(28)30)25(32)34-15-22(29)27-21-10-7-19(26)12-16(21)2/h5-10,12,18H,3-4,11,13-15H2,1-2H3,(H,27,29)/t18-/m0/s1. The molecule has 0 bridgehead atoms. The summed E-state index contributed by atoms with van der Waals surface area (Å²) in [5.74, 6) is -2.37. The summed E-state index contributed by atoms with van der Waals surface area (Å²) in [7, 11) is 0. The molecule has 1 heterocycles. The molecule has 0 aliphatic carbocycles. The second-order valence-electron chi connectivity index (χ2n) is 8.06. The number of nitrogens with zero attached hydrogens (tertiary/aromatic N) is 1. The molecule has 3 rings (SSSR count). The molecule has 34 heavy (non-hydrogen) atoms. The van der Waals surface area contributed by atoms with Crippen LogP contribution >= 0.6 is 15.9 Å². The molecular weight excluding hydrogens is 504 g/mol. The van der Waals surface area contributed by atoms with E-state index >= 15 is 0 Å². The van der Waals surface area contributed by atoms with Crippen LogP contribution in [0.4, 0.5) is 11.4 Å². The Morgan fingerprint density at radius 2 is 1.85 bits per heavy atom. The minimum absolute atomic E-state index is 0.00686. The molecule has 1 N–H and O–H groups in total. The van der Waals surface area contributed by atoms with Crippen LogP contribution in [0.2, 0.25) is 0 Å². The minimum Gasteiger partial charge on any atom is -0.462 e. The van der Waals surface area contributed by atoms with Crippen molar-refractivity contribution in [3.05, 3.63) is 58.1 Å². The molecule has 2 amide bonds. The minimum atomic E-state index is -0.673. The van der Waals surface area contributed by atoms with Gasteiger partial charge in [0.05, 0.1) is 18.1 Å². The maximum Gasteiger partial charge on any atom is 0.338 e. The molecule has 0 aromatic heterocycles. The number of hydrogen-bond acceptors (Lipinski definition) is 6. The zero-order valence-corrected chi connectivity index (χ0v) is 20.7. The molecular formula is C25H27BrN2O6. The molecule has 0 saturated carbocycles. The molecule has 0 spiro atoms. The highest BCUT2D eigenvalue weighted by Gasteiger charge is 2.36. The van der Waals surface area contributed by atoms with Crippen molar-refractivity contribution in [1.29, 1.82) is 0 Å². The first-order valence-corrected chi connectivity index (χ1v) is 11.9. The van der Waals surface area contributed by atoms with Crippen molar-refractivity contribution in [2.24, 2.45) is 5.92 Å². The Bertz CT molecular complexity index is 1070.